The van der Waals surface area contributed by atoms with E-state index in [2.05, 4.69) is 42.6 Å². The highest BCUT2D eigenvalue weighted by Gasteiger charge is 2.22. The predicted octanol–water partition coefficient (Wildman–Crippen LogP) is -0.569. The van der Waals surface area contributed by atoms with Crippen LogP contribution in [0.4, 0.5) is 0 Å². The summed E-state index contributed by atoms with van der Waals surface area (Å²) in [6.07, 6.45) is 1.46. The van der Waals surface area contributed by atoms with Crippen molar-refractivity contribution in [1.82, 2.24) is 16.0 Å². The summed E-state index contributed by atoms with van der Waals surface area (Å²) in [5, 5.41) is 7.98. The first kappa shape index (κ1) is 26.0. The lowest BCUT2D eigenvalue weighted by molar-refractivity contribution is -0.149. The van der Waals surface area contributed by atoms with E-state index >= 15 is 0 Å². The fraction of sp³-hybridized carbons (Fsp3) is 0.571. The number of carbonyl (C=O) groups is 4. The van der Waals surface area contributed by atoms with Gasteiger partial charge in [0.05, 0.1) is 14.2 Å². The number of thiocarbonyl (C=S) groups is 1. The number of nitrogens with zero attached hydrogens (tertiary/aromatic N) is 1. The zero-order valence-corrected chi connectivity index (χ0v) is 17.1. The molecule has 0 spiro atoms. The van der Waals surface area contributed by atoms with Crippen molar-refractivity contribution in [2.24, 2.45) is 10.9 Å². The van der Waals surface area contributed by atoms with E-state index in [1.807, 2.05) is 0 Å². The molecule has 3 N–H and O–H groups in total. The molecule has 0 aliphatic carbocycles. The quantitative estimate of drug-likeness (QED) is 0.184. The summed E-state index contributed by atoms with van der Waals surface area (Å²) in [5.74, 6) is -2.86. The van der Waals surface area contributed by atoms with E-state index in [9.17, 15) is 19.2 Å². The van der Waals surface area contributed by atoms with Crippen molar-refractivity contribution in [3.63, 3.8) is 0 Å². The van der Waals surface area contributed by atoms with Gasteiger partial charge < -0.3 is 25.4 Å². The van der Waals surface area contributed by atoms with Gasteiger partial charge in [0.2, 0.25) is 11.8 Å². The molecule has 0 fully saturated rings. The average molecular weight is 409 g/mol. The Kier molecular flexibility index (Phi) is 15.1. The number of carbonyl (C=O) groups excluding carboxylic acids is 4. The topological polar surface area (TPSA) is 135 Å². The summed E-state index contributed by atoms with van der Waals surface area (Å²) in [4.78, 5) is 47.5. The summed E-state index contributed by atoms with van der Waals surface area (Å²) >= 11 is 5.93. The number of methoxy groups -OCH3 is 2. The molecule has 2 amide bonds. The molecule has 1 atom stereocenters. The van der Waals surface area contributed by atoms with Gasteiger partial charge in [0.1, 0.15) is 12.3 Å². The number of nitrogens with one attached hydrogen (secondary N) is 3. The second-order valence-corrected chi connectivity index (χ2v) is 5.55. The summed E-state index contributed by atoms with van der Waals surface area (Å²) < 4.78 is 8.71. The van der Waals surface area contributed by atoms with Crippen LogP contribution in [0.5, 0.6) is 0 Å². The highest BCUT2D eigenvalue weighted by molar-refractivity contribution is 8.13. The minimum Gasteiger partial charge on any atom is -0.469 e. The molecule has 0 aliphatic heterocycles. The molecule has 148 valence electrons. The maximum absolute atomic E-state index is 11.4. The van der Waals surface area contributed by atoms with Gasteiger partial charge in [-0.3, -0.25) is 24.2 Å². The molecule has 10 nitrogen and oxygen atoms in total. The summed E-state index contributed by atoms with van der Waals surface area (Å²) in [7, 11) is 5.59. The lowest BCUT2D eigenvalue weighted by Gasteiger charge is -2.09. The fourth-order valence-corrected chi connectivity index (χ4v) is 1.63. The van der Waals surface area contributed by atoms with Crippen LogP contribution in [0.25, 0.3) is 0 Å². The molecular weight excluding hydrogens is 384 g/mol. The van der Waals surface area contributed by atoms with Crippen molar-refractivity contribution in [2.45, 2.75) is 13.3 Å². The van der Waals surface area contributed by atoms with Gasteiger partial charge in [0.25, 0.3) is 0 Å². The molecule has 0 saturated heterocycles. The molecule has 12 heteroatoms. The van der Waals surface area contributed by atoms with Crippen LogP contribution in [0.1, 0.15) is 13.3 Å². The van der Waals surface area contributed by atoms with Crippen LogP contribution in [0.15, 0.2) is 4.99 Å². The van der Waals surface area contributed by atoms with Crippen LogP contribution < -0.4 is 16.0 Å². The number of amides is 2. The number of hydrogen-bond donors (Lipinski definition) is 3. The zero-order chi connectivity index (χ0) is 20.7. The molecule has 0 aromatic rings. The average Bonchev–Trinajstić information content (AvgIpc) is 2.64. The largest absolute Gasteiger partial charge is 0.469 e. The molecular formula is C14H24N4O6S2. The Hall–Kier alpha value is -2.21. The Bertz CT molecular complexity index is 534. The van der Waals surface area contributed by atoms with Gasteiger partial charge in [-0.05, 0) is 25.4 Å². The fourth-order valence-electron chi connectivity index (χ4n) is 1.13. The Morgan fingerprint density at radius 1 is 1.15 bits per heavy atom. The van der Waals surface area contributed by atoms with Crippen molar-refractivity contribution in [3.8, 4) is 0 Å². The first-order valence-electron chi connectivity index (χ1n) is 7.14. The third kappa shape index (κ3) is 12.2. The standard InChI is InChI=1S/C8H14N2O3S.C6H10N2O3S/c1-5(7(12)13-3)6(11)10-8(9-2)14-4;1-7-6(12)8-4(9)3-5(10)11-2/h5H,1-4H3,(H,9,10,11);3H2,1-2H3,(H2,7,8,9,12). The molecule has 0 saturated carbocycles. The van der Waals surface area contributed by atoms with Crippen LogP contribution in [-0.2, 0) is 28.7 Å². The summed E-state index contributed by atoms with van der Waals surface area (Å²) in [6, 6.07) is 0. The monoisotopic (exact) mass is 408 g/mol. The molecule has 26 heavy (non-hydrogen) atoms. The molecule has 0 aromatic heterocycles. The number of aliphatic imine (C=N–C) groups is 1. The van der Waals surface area contributed by atoms with Gasteiger partial charge in [0, 0.05) is 14.1 Å². The van der Waals surface area contributed by atoms with E-state index in [1.54, 1.807) is 20.4 Å². The highest BCUT2D eigenvalue weighted by atomic mass is 32.2. The number of amidine groups is 1. The first-order chi connectivity index (χ1) is 12.2. The third-order valence-corrected chi connectivity index (χ3v) is 3.56. The van der Waals surface area contributed by atoms with Gasteiger partial charge in [-0.2, -0.15) is 0 Å². The van der Waals surface area contributed by atoms with Crippen molar-refractivity contribution in [2.75, 3.05) is 34.6 Å². The van der Waals surface area contributed by atoms with Gasteiger partial charge in [-0.15, -0.1) is 0 Å². The molecule has 1 unspecified atom stereocenters. The third-order valence-electron chi connectivity index (χ3n) is 2.59. The van der Waals surface area contributed by atoms with Crippen LogP contribution in [0.3, 0.4) is 0 Å². The van der Waals surface area contributed by atoms with Crippen molar-refractivity contribution in [3.05, 3.63) is 0 Å². The molecule has 0 aromatic carbocycles. The first-order valence-corrected chi connectivity index (χ1v) is 8.77. The Morgan fingerprint density at radius 3 is 2.12 bits per heavy atom. The van der Waals surface area contributed by atoms with Gasteiger partial charge in [-0.1, -0.05) is 11.8 Å². The number of esters is 2. The van der Waals surface area contributed by atoms with Crippen molar-refractivity contribution in [1.29, 1.82) is 0 Å². The van der Waals surface area contributed by atoms with Crippen LogP contribution in [-0.4, -0.2) is 68.6 Å². The van der Waals surface area contributed by atoms with Crippen LogP contribution >= 0.6 is 24.0 Å². The Balaban J connectivity index is 0. The van der Waals surface area contributed by atoms with Crippen LogP contribution in [0, 0.1) is 5.92 Å². The lowest BCUT2D eigenvalue weighted by atomic mass is 10.2. The van der Waals surface area contributed by atoms with Crippen LogP contribution in [0.2, 0.25) is 0 Å². The second kappa shape index (κ2) is 15.1. The van der Waals surface area contributed by atoms with E-state index in [0.717, 1.165) is 0 Å². The van der Waals surface area contributed by atoms with E-state index in [4.69, 9.17) is 0 Å². The second-order valence-electron chi connectivity index (χ2n) is 4.35. The normalized spacial score (nSPS) is 11.1. The molecule has 0 aliphatic rings. The number of rotatable bonds is 4. The summed E-state index contributed by atoms with van der Waals surface area (Å²) in [5.41, 5.74) is 0. The summed E-state index contributed by atoms with van der Waals surface area (Å²) in [6.45, 7) is 1.48. The zero-order valence-electron chi connectivity index (χ0n) is 15.5. The van der Waals surface area contributed by atoms with Gasteiger partial charge in [-0.25, -0.2) is 0 Å². The Morgan fingerprint density at radius 2 is 1.73 bits per heavy atom. The lowest BCUT2D eigenvalue weighted by Crippen LogP contribution is -2.38. The van der Waals surface area contributed by atoms with Crippen molar-refractivity contribution < 1.29 is 28.7 Å². The maximum atomic E-state index is 11.4. The maximum Gasteiger partial charge on any atom is 0.317 e. The van der Waals surface area contributed by atoms with Gasteiger partial charge >= 0.3 is 11.9 Å². The molecule has 0 bridgehead atoms. The minimum absolute atomic E-state index is 0.184. The minimum atomic E-state index is -0.816. The predicted molar refractivity (Wildman–Crippen MR) is 103 cm³/mol. The Labute approximate surface area is 161 Å². The van der Waals surface area contributed by atoms with E-state index in [1.165, 1.54) is 32.9 Å². The van der Waals surface area contributed by atoms with E-state index in [0.29, 0.717) is 5.17 Å². The SMILES string of the molecule is CN=C(NC(=O)C(C)C(=O)OC)SC.CNC(=S)NC(=O)CC(=O)OC. The molecule has 0 rings (SSSR count). The van der Waals surface area contributed by atoms with Crippen molar-refractivity contribution >= 4 is 58.0 Å². The molecule has 0 heterocycles. The molecule has 0 radical (unpaired) electrons. The number of hydrogen-bond acceptors (Lipinski definition) is 9. The van der Waals surface area contributed by atoms with E-state index < -0.39 is 29.7 Å². The highest BCUT2D eigenvalue weighted by Crippen LogP contribution is 2.00. The number of ether oxygens (including phenoxy) is 2. The smallest absolute Gasteiger partial charge is 0.317 e. The van der Waals surface area contributed by atoms with Gasteiger partial charge in [0.15, 0.2) is 10.3 Å². The van der Waals surface area contributed by atoms with E-state index in [-0.39, 0.29) is 11.5 Å². The number of thioether (sulfide) groups is 1.